The lowest BCUT2D eigenvalue weighted by atomic mass is 10.4. The van der Waals surface area contributed by atoms with Crippen LogP contribution < -0.4 is 5.73 Å². The molecule has 0 bridgehead atoms. The number of nitrogens with two attached hydrogens (primary N) is 1. The average Bonchev–Trinajstić information content (AvgIpc) is 3.04. The first-order valence-corrected chi connectivity index (χ1v) is 5.78. The summed E-state index contributed by atoms with van der Waals surface area (Å²) in [5, 5.41) is 4.01. The summed E-state index contributed by atoms with van der Waals surface area (Å²) in [6.07, 6.45) is 3.90. The normalized spacial score (nSPS) is 14.9. The molecule has 0 spiro atoms. The van der Waals surface area contributed by atoms with Crippen LogP contribution in [0.1, 0.15) is 12.8 Å². The van der Waals surface area contributed by atoms with Crippen LogP contribution in [0.5, 0.6) is 0 Å². The quantitative estimate of drug-likeness (QED) is 0.763. The Labute approximate surface area is 100 Å². The number of amides is 1. The van der Waals surface area contributed by atoms with Crippen LogP contribution in [0.25, 0.3) is 0 Å². The van der Waals surface area contributed by atoms with E-state index in [1.807, 2.05) is 4.90 Å². The van der Waals surface area contributed by atoms with Crippen LogP contribution in [0.3, 0.4) is 0 Å². The van der Waals surface area contributed by atoms with E-state index in [1.54, 1.807) is 24.1 Å². The van der Waals surface area contributed by atoms with Gasteiger partial charge in [-0.3, -0.25) is 9.48 Å². The fraction of sp³-hybridized carbons (Fsp3) is 0.636. The van der Waals surface area contributed by atoms with Crippen molar-refractivity contribution in [1.82, 2.24) is 14.7 Å². The van der Waals surface area contributed by atoms with Gasteiger partial charge in [0.05, 0.1) is 6.61 Å². The zero-order chi connectivity index (χ0) is 12.3. The van der Waals surface area contributed by atoms with Crippen LogP contribution in [0.15, 0.2) is 12.3 Å². The van der Waals surface area contributed by atoms with Gasteiger partial charge in [-0.15, -0.1) is 0 Å². The van der Waals surface area contributed by atoms with Crippen LogP contribution in [0.4, 0.5) is 5.82 Å². The van der Waals surface area contributed by atoms with Crippen molar-refractivity contribution in [3.63, 3.8) is 0 Å². The number of nitrogen functional groups attached to an aromatic ring is 1. The summed E-state index contributed by atoms with van der Waals surface area (Å²) >= 11 is 0. The second-order valence-electron chi connectivity index (χ2n) is 4.25. The summed E-state index contributed by atoms with van der Waals surface area (Å²) in [4.78, 5) is 14.0. The predicted molar refractivity (Wildman–Crippen MR) is 63.3 cm³/mol. The first-order chi connectivity index (χ1) is 8.20. The molecule has 94 valence electrons. The third kappa shape index (κ3) is 3.20. The van der Waals surface area contributed by atoms with Crippen LogP contribution in [0, 0.1) is 0 Å². The Balaban J connectivity index is 1.91. The van der Waals surface area contributed by atoms with E-state index in [2.05, 4.69) is 5.10 Å². The van der Waals surface area contributed by atoms with Gasteiger partial charge in [-0.05, 0) is 18.9 Å². The highest BCUT2D eigenvalue weighted by Crippen LogP contribution is 2.26. The van der Waals surface area contributed by atoms with Crippen molar-refractivity contribution in [2.24, 2.45) is 0 Å². The fourth-order valence-corrected chi connectivity index (χ4v) is 1.78. The van der Waals surface area contributed by atoms with Gasteiger partial charge in [-0.1, -0.05) is 0 Å². The Kier molecular flexibility index (Phi) is 3.63. The van der Waals surface area contributed by atoms with E-state index in [4.69, 9.17) is 10.5 Å². The molecular formula is C11H18N4O2. The van der Waals surface area contributed by atoms with Gasteiger partial charge in [0.25, 0.3) is 0 Å². The van der Waals surface area contributed by atoms with E-state index >= 15 is 0 Å². The molecule has 0 atom stereocenters. The van der Waals surface area contributed by atoms with Gasteiger partial charge in [-0.2, -0.15) is 5.10 Å². The van der Waals surface area contributed by atoms with Crippen molar-refractivity contribution in [2.75, 3.05) is 26.0 Å². The summed E-state index contributed by atoms with van der Waals surface area (Å²) in [7, 11) is 1.64. The summed E-state index contributed by atoms with van der Waals surface area (Å²) in [5.74, 6) is 0.514. The van der Waals surface area contributed by atoms with Crippen LogP contribution in [0.2, 0.25) is 0 Å². The molecule has 0 saturated heterocycles. The number of anilines is 1. The molecule has 6 heteroatoms. The van der Waals surface area contributed by atoms with Gasteiger partial charge in [0, 0.05) is 25.9 Å². The minimum absolute atomic E-state index is 0.0765. The zero-order valence-corrected chi connectivity index (χ0v) is 10.0. The summed E-state index contributed by atoms with van der Waals surface area (Å²) < 4.78 is 6.59. The Morgan fingerprint density at radius 1 is 1.71 bits per heavy atom. The zero-order valence-electron chi connectivity index (χ0n) is 10.0. The maximum absolute atomic E-state index is 12.1. The van der Waals surface area contributed by atoms with E-state index in [0.717, 1.165) is 12.8 Å². The molecule has 17 heavy (non-hydrogen) atoms. The molecule has 0 aliphatic heterocycles. The van der Waals surface area contributed by atoms with Gasteiger partial charge < -0.3 is 15.4 Å². The molecule has 2 rings (SSSR count). The molecule has 1 aliphatic carbocycles. The lowest BCUT2D eigenvalue weighted by molar-refractivity contribution is -0.133. The highest BCUT2D eigenvalue weighted by molar-refractivity contribution is 5.76. The lowest BCUT2D eigenvalue weighted by Crippen LogP contribution is -2.38. The van der Waals surface area contributed by atoms with Crippen molar-refractivity contribution in [1.29, 1.82) is 0 Å². The van der Waals surface area contributed by atoms with E-state index in [0.29, 0.717) is 25.0 Å². The molecule has 1 aliphatic rings. The highest BCUT2D eigenvalue weighted by Gasteiger charge is 2.32. The second-order valence-corrected chi connectivity index (χ2v) is 4.25. The van der Waals surface area contributed by atoms with E-state index < -0.39 is 0 Å². The largest absolute Gasteiger partial charge is 0.383 e. The molecular weight excluding hydrogens is 220 g/mol. The number of methoxy groups -OCH3 is 1. The van der Waals surface area contributed by atoms with E-state index in [-0.39, 0.29) is 12.5 Å². The van der Waals surface area contributed by atoms with Gasteiger partial charge in [0.1, 0.15) is 12.4 Å². The number of hydrogen-bond donors (Lipinski definition) is 1. The van der Waals surface area contributed by atoms with Gasteiger partial charge in [0.15, 0.2) is 0 Å². The SMILES string of the molecule is COCCN(C(=O)Cn1ccc(N)n1)C1CC1. The second kappa shape index (κ2) is 5.18. The minimum atomic E-state index is 0.0765. The molecule has 6 nitrogen and oxygen atoms in total. The number of carbonyl (C=O) groups excluding carboxylic acids is 1. The standard InChI is InChI=1S/C11H18N4O2/c1-17-7-6-15(9-2-3-9)11(16)8-14-5-4-10(12)13-14/h4-5,9H,2-3,6-8H2,1H3,(H2,12,13). The molecule has 1 saturated carbocycles. The van der Waals surface area contributed by atoms with Crippen molar-refractivity contribution < 1.29 is 9.53 Å². The predicted octanol–water partition coefficient (Wildman–Crippen LogP) is 0.103. The molecule has 1 amide bonds. The van der Waals surface area contributed by atoms with E-state index in [1.165, 1.54) is 0 Å². The summed E-state index contributed by atoms with van der Waals surface area (Å²) in [6.45, 7) is 1.47. The van der Waals surface area contributed by atoms with Crippen molar-refractivity contribution >= 4 is 11.7 Å². The van der Waals surface area contributed by atoms with Crippen LogP contribution >= 0.6 is 0 Å². The van der Waals surface area contributed by atoms with Crippen LogP contribution in [-0.2, 0) is 16.1 Å². The maximum Gasteiger partial charge on any atom is 0.244 e. The molecule has 2 N–H and O–H groups in total. The van der Waals surface area contributed by atoms with Crippen molar-refractivity contribution in [3.05, 3.63) is 12.3 Å². The van der Waals surface area contributed by atoms with Crippen molar-refractivity contribution in [2.45, 2.75) is 25.4 Å². The topological polar surface area (TPSA) is 73.4 Å². The molecule has 1 aromatic rings. The van der Waals surface area contributed by atoms with Gasteiger partial charge >= 0.3 is 0 Å². The third-order valence-electron chi connectivity index (χ3n) is 2.80. The Hall–Kier alpha value is -1.56. The number of rotatable bonds is 6. The van der Waals surface area contributed by atoms with Crippen molar-refractivity contribution in [3.8, 4) is 0 Å². The summed E-state index contributed by atoms with van der Waals surface area (Å²) in [6, 6.07) is 2.08. The number of nitrogens with zero attached hydrogens (tertiary/aromatic N) is 3. The van der Waals surface area contributed by atoms with Gasteiger partial charge in [0.2, 0.25) is 5.91 Å². The first kappa shape index (κ1) is 11.9. The smallest absolute Gasteiger partial charge is 0.244 e. The molecule has 1 aromatic heterocycles. The highest BCUT2D eigenvalue weighted by atomic mass is 16.5. The molecule has 1 heterocycles. The molecule has 0 aromatic carbocycles. The van der Waals surface area contributed by atoms with E-state index in [9.17, 15) is 4.79 Å². The fourth-order valence-electron chi connectivity index (χ4n) is 1.78. The molecule has 0 unspecified atom stereocenters. The Morgan fingerprint density at radius 3 is 3.00 bits per heavy atom. The third-order valence-corrected chi connectivity index (χ3v) is 2.80. The Morgan fingerprint density at radius 2 is 2.47 bits per heavy atom. The molecule has 0 radical (unpaired) electrons. The number of hydrogen-bond acceptors (Lipinski definition) is 4. The van der Waals surface area contributed by atoms with Gasteiger partial charge in [-0.25, -0.2) is 0 Å². The summed E-state index contributed by atoms with van der Waals surface area (Å²) in [5.41, 5.74) is 5.51. The first-order valence-electron chi connectivity index (χ1n) is 5.78. The average molecular weight is 238 g/mol. The minimum Gasteiger partial charge on any atom is -0.383 e. The Bertz CT molecular complexity index is 387. The lowest BCUT2D eigenvalue weighted by Gasteiger charge is -2.21. The number of aromatic nitrogens is 2. The maximum atomic E-state index is 12.1. The van der Waals surface area contributed by atoms with Crippen LogP contribution in [-0.4, -0.2) is 46.9 Å². The number of carbonyl (C=O) groups is 1. The molecule has 1 fully saturated rings. The number of ether oxygens (including phenoxy) is 1. The monoisotopic (exact) mass is 238 g/mol.